The first-order valence-corrected chi connectivity index (χ1v) is 6.81. The first-order chi connectivity index (χ1) is 10.6. The quantitative estimate of drug-likeness (QED) is 0.385. The minimum atomic E-state index is -0.394. The maximum Gasteiger partial charge on any atom is 0.265 e. The molecule has 1 heterocycles. The van der Waals surface area contributed by atoms with Crippen LogP contribution in [0.1, 0.15) is 15.9 Å². The Morgan fingerprint density at radius 3 is 2.68 bits per heavy atom. The molecule has 0 atom stereocenters. The molecule has 0 aliphatic heterocycles. The van der Waals surface area contributed by atoms with Crippen molar-refractivity contribution in [1.82, 2.24) is 10.4 Å². The zero-order valence-corrected chi connectivity index (χ0v) is 12.0. The molecule has 0 bridgehead atoms. The highest BCUT2D eigenvalue weighted by atomic mass is 16.3. The lowest BCUT2D eigenvalue weighted by atomic mass is 10.0. The summed E-state index contributed by atoms with van der Waals surface area (Å²) in [7, 11) is 0. The van der Waals surface area contributed by atoms with Gasteiger partial charge in [-0.2, -0.15) is 0 Å². The Balaban J connectivity index is 2.32. The number of nitrogens with two attached hydrogens (primary N) is 1. The van der Waals surface area contributed by atoms with E-state index in [2.05, 4.69) is 10.4 Å². The zero-order chi connectivity index (χ0) is 15.7. The highest BCUT2D eigenvalue weighted by Crippen LogP contribution is 2.30. The van der Waals surface area contributed by atoms with E-state index in [1.54, 1.807) is 30.3 Å². The van der Waals surface area contributed by atoms with Gasteiger partial charge in [-0.3, -0.25) is 10.2 Å². The number of nitrogen functional groups attached to an aromatic ring is 1. The lowest BCUT2D eigenvalue weighted by Gasteiger charge is -2.10. The Bertz CT molecular complexity index is 875. The number of hydrogen-bond acceptors (Lipinski definition) is 4. The normalized spacial score (nSPS) is 10.6. The Hall–Kier alpha value is -2.92. The van der Waals surface area contributed by atoms with E-state index in [1.807, 2.05) is 25.1 Å². The second kappa shape index (κ2) is 5.46. The van der Waals surface area contributed by atoms with Gasteiger partial charge >= 0.3 is 0 Å². The number of pyridine rings is 1. The fourth-order valence-electron chi connectivity index (χ4n) is 2.43. The van der Waals surface area contributed by atoms with Gasteiger partial charge in [0.05, 0.1) is 16.8 Å². The molecule has 0 saturated carbocycles. The Morgan fingerprint density at radius 1 is 1.18 bits per heavy atom. The Morgan fingerprint density at radius 2 is 1.95 bits per heavy atom. The molecule has 110 valence electrons. The molecule has 0 unspecified atom stereocenters. The van der Waals surface area contributed by atoms with Crippen molar-refractivity contribution in [2.24, 2.45) is 5.84 Å². The van der Waals surface area contributed by atoms with Crippen LogP contribution in [0.25, 0.3) is 22.2 Å². The average molecular weight is 293 g/mol. The number of hydrazine groups is 1. The number of aromatic nitrogens is 1. The van der Waals surface area contributed by atoms with Gasteiger partial charge in [0.25, 0.3) is 5.91 Å². The number of carbonyl (C=O) groups is 1. The van der Waals surface area contributed by atoms with E-state index in [0.717, 1.165) is 10.9 Å². The van der Waals surface area contributed by atoms with Crippen molar-refractivity contribution in [1.29, 1.82) is 0 Å². The van der Waals surface area contributed by atoms with Crippen LogP contribution in [0.2, 0.25) is 0 Å². The summed E-state index contributed by atoms with van der Waals surface area (Å²) in [4.78, 5) is 16.6. The topological polar surface area (TPSA) is 88.2 Å². The Labute approximate surface area is 127 Å². The summed E-state index contributed by atoms with van der Waals surface area (Å²) in [5.74, 6) is 5.00. The van der Waals surface area contributed by atoms with Crippen molar-refractivity contribution in [2.45, 2.75) is 6.92 Å². The maximum atomic E-state index is 12.1. The molecule has 1 aromatic heterocycles. The van der Waals surface area contributed by atoms with Gasteiger partial charge in [-0.15, -0.1) is 0 Å². The predicted molar refractivity (Wildman–Crippen MR) is 85.2 cm³/mol. The van der Waals surface area contributed by atoms with Crippen molar-refractivity contribution in [3.05, 3.63) is 59.7 Å². The van der Waals surface area contributed by atoms with E-state index < -0.39 is 5.91 Å². The van der Waals surface area contributed by atoms with E-state index in [0.29, 0.717) is 22.3 Å². The highest BCUT2D eigenvalue weighted by molar-refractivity contribution is 6.07. The van der Waals surface area contributed by atoms with E-state index in [4.69, 9.17) is 5.84 Å². The number of hydrogen-bond donors (Lipinski definition) is 3. The lowest BCUT2D eigenvalue weighted by molar-refractivity contribution is 0.0955. The number of aromatic hydroxyl groups is 1. The molecule has 0 saturated heterocycles. The Kier molecular flexibility index (Phi) is 3.48. The summed E-state index contributed by atoms with van der Waals surface area (Å²) < 4.78 is 0. The third kappa shape index (κ3) is 2.38. The maximum absolute atomic E-state index is 12.1. The summed E-state index contributed by atoms with van der Waals surface area (Å²) in [6.07, 6.45) is 0. The van der Waals surface area contributed by atoms with Gasteiger partial charge in [0.1, 0.15) is 5.75 Å². The summed E-state index contributed by atoms with van der Waals surface area (Å²) in [6, 6.07) is 14.2. The van der Waals surface area contributed by atoms with Crippen LogP contribution >= 0.6 is 0 Å². The number of nitrogens with one attached hydrogen (secondary N) is 1. The van der Waals surface area contributed by atoms with Crippen molar-refractivity contribution in [3.63, 3.8) is 0 Å². The smallest absolute Gasteiger partial charge is 0.265 e. The third-order valence-electron chi connectivity index (χ3n) is 3.52. The van der Waals surface area contributed by atoms with Crippen LogP contribution in [0.4, 0.5) is 0 Å². The second-order valence-electron chi connectivity index (χ2n) is 5.07. The number of phenols is 1. The van der Waals surface area contributed by atoms with Crippen molar-refractivity contribution < 1.29 is 9.90 Å². The summed E-state index contributed by atoms with van der Waals surface area (Å²) in [5, 5.41) is 10.7. The van der Waals surface area contributed by atoms with Gasteiger partial charge in [0.15, 0.2) is 0 Å². The van der Waals surface area contributed by atoms with Gasteiger partial charge in [0.2, 0.25) is 0 Å². The molecule has 1 amide bonds. The number of carbonyl (C=O) groups excluding carboxylic acids is 1. The van der Waals surface area contributed by atoms with Gasteiger partial charge in [-0.05, 0) is 37.3 Å². The molecule has 2 aromatic carbocycles. The van der Waals surface area contributed by atoms with Gasteiger partial charge in [-0.25, -0.2) is 10.8 Å². The predicted octanol–water partition coefficient (Wildman–Crippen LogP) is 2.52. The largest absolute Gasteiger partial charge is 0.507 e. The molecular weight excluding hydrogens is 278 g/mol. The lowest BCUT2D eigenvalue weighted by Crippen LogP contribution is -2.30. The first kappa shape index (κ1) is 14.0. The molecule has 0 radical (unpaired) electrons. The molecule has 4 N–H and O–H groups in total. The molecule has 5 nitrogen and oxygen atoms in total. The SMILES string of the molecule is Cc1ccc2nc(-c3ccccc3O)cc(C(=O)NN)c2c1. The van der Waals surface area contributed by atoms with E-state index in [1.165, 1.54) is 0 Å². The molecular formula is C17H15N3O2. The standard InChI is InChI=1S/C17H15N3O2/c1-10-6-7-14-12(8-10)13(17(22)20-18)9-15(19-14)11-4-2-3-5-16(11)21/h2-9,21H,18H2,1H3,(H,20,22). The fourth-order valence-corrected chi connectivity index (χ4v) is 2.43. The van der Waals surface area contributed by atoms with Crippen LogP contribution in [0, 0.1) is 6.92 Å². The molecule has 0 aliphatic carbocycles. The van der Waals surface area contributed by atoms with Gasteiger partial charge in [0, 0.05) is 10.9 Å². The van der Waals surface area contributed by atoms with Crippen LogP contribution in [-0.2, 0) is 0 Å². The number of para-hydroxylation sites is 1. The first-order valence-electron chi connectivity index (χ1n) is 6.81. The zero-order valence-electron chi connectivity index (χ0n) is 12.0. The van der Waals surface area contributed by atoms with E-state index in [-0.39, 0.29) is 5.75 Å². The molecule has 0 spiro atoms. The summed E-state index contributed by atoms with van der Waals surface area (Å²) in [6.45, 7) is 1.94. The van der Waals surface area contributed by atoms with E-state index >= 15 is 0 Å². The van der Waals surface area contributed by atoms with Crippen LogP contribution < -0.4 is 11.3 Å². The fraction of sp³-hybridized carbons (Fsp3) is 0.0588. The minimum Gasteiger partial charge on any atom is -0.507 e. The number of nitrogens with zero attached hydrogens (tertiary/aromatic N) is 1. The van der Waals surface area contributed by atoms with Crippen LogP contribution in [0.5, 0.6) is 5.75 Å². The number of aryl methyl sites for hydroxylation is 1. The monoisotopic (exact) mass is 293 g/mol. The third-order valence-corrected chi connectivity index (χ3v) is 3.52. The van der Waals surface area contributed by atoms with E-state index in [9.17, 15) is 9.90 Å². The second-order valence-corrected chi connectivity index (χ2v) is 5.07. The van der Waals surface area contributed by atoms with Crippen molar-refractivity contribution in [3.8, 4) is 17.0 Å². The molecule has 22 heavy (non-hydrogen) atoms. The van der Waals surface area contributed by atoms with Crippen LogP contribution in [-0.4, -0.2) is 16.0 Å². The number of fused-ring (bicyclic) bond motifs is 1. The summed E-state index contributed by atoms with van der Waals surface area (Å²) in [5.41, 5.74) is 5.36. The van der Waals surface area contributed by atoms with Crippen molar-refractivity contribution in [2.75, 3.05) is 0 Å². The van der Waals surface area contributed by atoms with Crippen LogP contribution in [0.15, 0.2) is 48.5 Å². The summed E-state index contributed by atoms with van der Waals surface area (Å²) >= 11 is 0. The number of amides is 1. The average Bonchev–Trinajstić information content (AvgIpc) is 2.53. The molecule has 5 heteroatoms. The highest BCUT2D eigenvalue weighted by Gasteiger charge is 2.14. The molecule has 0 fully saturated rings. The van der Waals surface area contributed by atoms with Crippen LogP contribution in [0.3, 0.4) is 0 Å². The molecule has 0 aliphatic rings. The molecule has 3 rings (SSSR count). The number of phenolic OH excluding ortho intramolecular Hbond substituents is 1. The number of benzene rings is 2. The minimum absolute atomic E-state index is 0.112. The molecule has 3 aromatic rings. The van der Waals surface area contributed by atoms with Gasteiger partial charge < -0.3 is 5.11 Å². The van der Waals surface area contributed by atoms with Crippen molar-refractivity contribution >= 4 is 16.8 Å². The van der Waals surface area contributed by atoms with Gasteiger partial charge in [-0.1, -0.05) is 23.8 Å². The number of rotatable bonds is 2.